The standard InChI is InChI=1S/C26H25ClO4/c1-26(2,3)21-11-13-23(14-12-21)30-16-18-7-9-19(10-8-18)25(29)31-17-24(28)20-5-4-6-22(27)15-20/h4-15H,16-17H2,1-3H3. The van der Waals surface area contributed by atoms with E-state index in [4.69, 9.17) is 21.1 Å². The van der Waals surface area contributed by atoms with E-state index in [0.717, 1.165) is 11.3 Å². The summed E-state index contributed by atoms with van der Waals surface area (Å²) >= 11 is 5.88. The van der Waals surface area contributed by atoms with Gasteiger partial charge in [0.1, 0.15) is 12.4 Å². The maximum Gasteiger partial charge on any atom is 0.338 e. The van der Waals surface area contributed by atoms with E-state index in [9.17, 15) is 9.59 Å². The molecule has 31 heavy (non-hydrogen) atoms. The molecule has 0 aromatic heterocycles. The molecule has 0 aliphatic carbocycles. The lowest BCUT2D eigenvalue weighted by molar-refractivity contribution is 0.0474. The fourth-order valence-corrected chi connectivity index (χ4v) is 3.10. The number of benzene rings is 3. The van der Waals surface area contributed by atoms with Crippen LogP contribution in [0, 0.1) is 0 Å². The van der Waals surface area contributed by atoms with Gasteiger partial charge in [0, 0.05) is 10.6 Å². The molecule has 0 heterocycles. The lowest BCUT2D eigenvalue weighted by Crippen LogP contribution is -2.14. The SMILES string of the molecule is CC(C)(C)c1ccc(OCc2ccc(C(=O)OCC(=O)c3cccc(Cl)c3)cc2)cc1. The van der Waals surface area contributed by atoms with Gasteiger partial charge in [-0.25, -0.2) is 4.79 Å². The van der Waals surface area contributed by atoms with Gasteiger partial charge in [0.2, 0.25) is 0 Å². The van der Waals surface area contributed by atoms with Crippen molar-refractivity contribution in [2.24, 2.45) is 0 Å². The largest absolute Gasteiger partial charge is 0.489 e. The third-order valence-electron chi connectivity index (χ3n) is 4.80. The molecule has 0 radical (unpaired) electrons. The Hall–Kier alpha value is -3.11. The Morgan fingerprint density at radius 2 is 1.55 bits per heavy atom. The zero-order chi connectivity index (χ0) is 22.4. The highest BCUT2D eigenvalue weighted by molar-refractivity contribution is 6.31. The van der Waals surface area contributed by atoms with Gasteiger partial charge in [-0.15, -0.1) is 0 Å². The Morgan fingerprint density at radius 3 is 2.16 bits per heavy atom. The highest BCUT2D eigenvalue weighted by atomic mass is 35.5. The van der Waals surface area contributed by atoms with E-state index >= 15 is 0 Å². The predicted molar refractivity (Wildman–Crippen MR) is 122 cm³/mol. The number of esters is 1. The molecule has 160 valence electrons. The van der Waals surface area contributed by atoms with Crippen molar-refractivity contribution < 1.29 is 19.1 Å². The van der Waals surface area contributed by atoms with Crippen LogP contribution in [0.2, 0.25) is 5.02 Å². The van der Waals surface area contributed by atoms with E-state index in [1.807, 2.05) is 12.1 Å². The Kier molecular flexibility index (Phi) is 7.13. The van der Waals surface area contributed by atoms with Gasteiger partial charge in [0.25, 0.3) is 0 Å². The van der Waals surface area contributed by atoms with Gasteiger partial charge in [-0.05, 0) is 52.9 Å². The molecular weight excluding hydrogens is 412 g/mol. The number of rotatable bonds is 7. The summed E-state index contributed by atoms with van der Waals surface area (Å²) in [7, 11) is 0. The van der Waals surface area contributed by atoms with Gasteiger partial charge in [0.05, 0.1) is 5.56 Å². The van der Waals surface area contributed by atoms with Crippen molar-refractivity contribution in [3.8, 4) is 5.75 Å². The Labute approximate surface area is 187 Å². The molecule has 3 aromatic carbocycles. The van der Waals surface area contributed by atoms with Crippen molar-refractivity contribution in [2.45, 2.75) is 32.8 Å². The van der Waals surface area contributed by atoms with Crippen molar-refractivity contribution >= 4 is 23.4 Å². The second kappa shape index (κ2) is 9.80. The minimum atomic E-state index is -0.555. The van der Waals surface area contributed by atoms with Crippen LogP contribution in [0.3, 0.4) is 0 Å². The molecule has 3 rings (SSSR count). The van der Waals surface area contributed by atoms with Crippen LogP contribution in [-0.4, -0.2) is 18.4 Å². The molecule has 5 heteroatoms. The minimum Gasteiger partial charge on any atom is -0.489 e. The van der Waals surface area contributed by atoms with E-state index < -0.39 is 5.97 Å². The molecule has 0 saturated heterocycles. The Morgan fingerprint density at radius 1 is 0.871 bits per heavy atom. The maximum atomic E-state index is 12.2. The average Bonchev–Trinajstić information content (AvgIpc) is 2.76. The highest BCUT2D eigenvalue weighted by Gasteiger charge is 2.14. The summed E-state index contributed by atoms with van der Waals surface area (Å²) in [5.41, 5.74) is 3.05. The number of ether oxygens (including phenoxy) is 2. The Bertz CT molecular complexity index is 1050. The molecule has 0 bridgehead atoms. The number of ketones is 1. The average molecular weight is 437 g/mol. The smallest absolute Gasteiger partial charge is 0.338 e. The van der Waals surface area contributed by atoms with Gasteiger partial charge in [0.15, 0.2) is 12.4 Å². The summed E-state index contributed by atoms with van der Waals surface area (Å²) in [6.45, 7) is 6.56. The van der Waals surface area contributed by atoms with Crippen molar-refractivity contribution in [1.82, 2.24) is 0 Å². The van der Waals surface area contributed by atoms with Crippen LogP contribution < -0.4 is 4.74 Å². The third kappa shape index (κ3) is 6.43. The number of carbonyl (C=O) groups is 2. The molecule has 4 nitrogen and oxygen atoms in total. The molecule has 0 saturated carbocycles. The van der Waals surface area contributed by atoms with E-state index in [-0.39, 0.29) is 17.8 Å². The van der Waals surface area contributed by atoms with Crippen LogP contribution in [-0.2, 0) is 16.8 Å². The van der Waals surface area contributed by atoms with Crippen LogP contribution in [0.4, 0.5) is 0 Å². The second-order valence-electron chi connectivity index (χ2n) is 8.27. The van der Waals surface area contributed by atoms with E-state index in [0.29, 0.717) is 22.8 Å². The summed E-state index contributed by atoms with van der Waals surface area (Å²) < 4.78 is 11.0. The molecule has 0 atom stereocenters. The van der Waals surface area contributed by atoms with Crippen LogP contribution in [0.15, 0.2) is 72.8 Å². The highest BCUT2D eigenvalue weighted by Crippen LogP contribution is 2.24. The second-order valence-corrected chi connectivity index (χ2v) is 8.71. The molecule has 0 spiro atoms. The zero-order valence-electron chi connectivity index (χ0n) is 17.9. The fraction of sp³-hybridized carbons (Fsp3) is 0.231. The maximum absolute atomic E-state index is 12.2. The van der Waals surface area contributed by atoms with Crippen molar-refractivity contribution in [3.05, 3.63) is 100 Å². The number of halogens is 1. The van der Waals surface area contributed by atoms with Gasteiger partial charge < -0.3 is 9.47 Å². The summed E-state index contributed by atoms with van der Waals surface area (Å²) in [6.07, 6.45) is 0. The summed E-state index contributed by atoms with van der Waals surface area (Å²) in [4.78, 5) is 24.3. The summed E-state index contributed by atoms with van der Waals surface area (Å²) in [6, 6.07) is 21.5. The number of hydrogen-bond donors (Lipinski definition) is 0. The van der Waals surface area contributed by atoms with E-state index in [2.05, 4.69) is 32.9 Å². The summed E-state index contributed by atoms with van der Waals surface area (Å²) in [5.74, 6) is -0.0741. The zero-order valence-corrected chi connectivity index (χ0v) is 18.6. The topological polar surface area (TPSA) is 52.6 Å². The van der Waals surface area contributed by atoms with E-state index in [1.54, 1.807) is 48.5 Å². The monoisotopic (exact) mass is 436 g/mol. The normalized spacial score (nSPS) is 11.1. The van der Waals surface area contributed by atoms with Gasteiger partial charge in [-0.3, -0.25) is 4.79 Å². The van der Waals surface area contributed by atoms with Gasteiger partial charge in [-0.1, -0.05) is 68.8 Å². The number of hydrogen-bond acceptors (Lipinski definition) is 4. The van der Waals surface area contributed by atoms with Gasteiger partial charge >= 0.3 is 5.97 Å². The van der Waals surface area contributed by atoms with Crippen molar-refractivity contribution in [2.75, 3.05) is 6.61 Å². The molecule has 0 N–H and O–H groups in total. The van der Waals surface area contributed by atoms with Crippen LogP contribution >= 0.6 is 11.6 Å². The molecule has 0 aliphatic heterocycles. The Balaban J connectivity index is 1.51. The lowest BCUT2D eigenvalue weighted by Gasteiger charge is -2.19. The first-order valence-electron chi connectivity index (χ1n) is 10.0. The number of Topliss-reactive ketones (excluding diaryl/α,β-unsaturated/α-hetero) is 1. The molecular formula is C26H25ClO4. The molecule has 0 aliphatic rings. The first-order chi connectivity index (χ1) is 14.7. The fourth-order valence-electron chi connectivity index (χ4n) is 2.91. The third-order valence-corrected chi connectivity index (χ3v) is 5.03. The van der Waals surface area contributed by atoms with Crippen LogP contribution in [0.25, 0.3) is 0 Å². The van der Waals surface area contributed by atoms with Crippen molar-refractivity contribution in [3.63, 3.8) is 0 Å². The molecule has 3 aromatic rings. The lowest BCUT2D eigenvalue weighted by atomic mass is 9.87. The molecule has 0 amide bonds. The quantitative estimate of drug-likeness (QED) is 0.324. The van der Waals surface area contributed by atoms with Crippen LogP contribution in [0.1, 0.15) is 52.6 Å². The molecule has 0 unspecified atom stereocenters. The summed E-state index contributed by atoms with van der Waals surface area (Å²) in [5, 5.41) is 0.458. The van der Waals surface area contributed by atoms with Crippen molar-refractivity contribution in [1.29, 1.82) is 0 Å². The molecule has 0 fully saturated rings. The first kappa shape index (κ1) is 22.6. The minimum absolute atomic E-state index is 0.0989. The van der Waals surface area contributed by atoms with Crippen LogP contribution in [0.5, 0.6) is 5.75 Å². The predicted octanol–water partition coefficient (Wildman–Crippen LogP) is 6.26. The number of carbonyl (C=O) groups excluding carboxylic acids is 2. The van der Waals surface area contributed by atoms with Gasteiger partial charge in [-0.2, -0.15) is 0 Å². The first-order valence-corrected chi connectivity index (χ1v) is 10.4. The van der Waals surface area contributed by atoms with E-state index in [1.165, 1.54) is 5.56 Å².